The molecule has 1 aliphatic heterocycles. The van der Waals surface area contributed by atoms with E-state index in [-0.39, 0.29) is 29.3 Å². The minimum atomic E-state index is -1.29. The third-order valence-electron chi connectivity index (χ3n) is 6.29. The number of carbonyl (C=O) groups excluding carboxylic acids is 1. The molecule has 0 radical (unpaired) electrons. The maximum Gasteiger partial charge on any atom is 0.237 e. The average molecular weight is 554 g/mol. The standard InChI is InChI=1S/C27H35Cl2FN4O3/c1-17(6-5-7-18(28)13-30)23-24(25(37)32-11-10-20(36)15-35)34-22(12-26(2,3)4)27(23,16-31)21-9-8-19(29)14-33-21/h5-9,14,20,22-24,34-36H,1,10-13,15H2,2-4H3,(H,32,37)/b6-5-,18-7+/t20-,22-,23-,24+,27-/m0/s1. The van der Waals surface area contributed by atoms with Crippen molar-refractivity contribution in [1.29, 1.82) is 5.26 Å². The summed E-state index contributed by atoms with van der Waals surface area (Å²) in [4.78, 5) is 17.9. The zero-order chi connectivity index (χ0) is 27.8. The van der Waals surface area contributed by atoms with Crippen molar-refractivity contribution >= 4 is 29.1 Å². The Morgan fingerprint density at radius 2 is 2.16 bits per heavy atom. The topological polar surface area (TPSA) is 118 Å². The number of carbonyl (C=O) groups is 1. The first-order valence-corrected chi connectivity index (χ1v) is 12.8. The summed E-state index contributed by atoms with van der Waals surface area (Å²) in [7, 11) is 0. The second-order valence-corrected chi connectivity index (χ2v) is 11.3. The Morgan fingerprint density at radius 1 is 1.46 bits per heavy atom. The largest absolute Gasteiger partial charge is 0.394 e. The quantitative estimate of drug-likeness (QED) is 0.308. The zero-order valence-corrected chi connectivity index (χ0v) is 22.9. The van der Waals surface area contributed by atoms with Crippen LogP contribution >= 0.6 is 23.2 Å². The van der Waals surface area contributed by atoms with Gasteiger partial charge in [-0.3, -0.25) is 9.78 Å². The monoisotopic (exact) mass is 552 g/mol. The number of allylic oxidation sites excluding steroid dienone is 4. The minimum Gasteiger partial charge on any atom is -0.394 e. The van der Waals surface area contributed by atoms with Gasteiger partial charge >= 0.3 is 0 Å². The molecule has 0 aliphatic carbocycles. The Kier molecular flexibility index (Phi) is 11.3. The molecule has 7 nitrogen and oxygen atoms in total. The number of nitriles is 1. The van der Waals surface area contributed by atoms with Gasteiger partial charge in [0.05, 0.1) is 35.5 Å². The van der Waals surface area contributed by atoms with Gasteiger partial charge in [-0.05, 0) is 42.0 Å². The van der Waals surface area contributed by atoms with Crippen molar-refractivity contribution in [2.24, 2.45) is 11.3 Å². The van der Waals surface area contributed by atoms with Crippen LogP contribution in [0.3, 0.4) is 0 Å². The number of nitrogens with zero attached hydrogens (tertiary/aromatic N) is 2. The molecule has 4 N–H and O–H groups in total. The second-order valence-electron chi connectivity index (χ2n) is 10.4. The lowest BCUT2D eigenvalue weighted by Crippen LogP contribution is -2.46. The van der Waals surface area contributed by atoms with Gasteiger partial charge in [-0.2, -0.15) is 5.26 Å². The molecule has 0 unspecified atom stereocenters. The lowest BCUT2D eigenvalue weighted by atomic mass is 9.64. The van der Waals surface area contributed by atoms with E-state index in [2.05, 4.69) is 28.3 Å². The van der Waals surface area contributed by atoms with Crippen LogP contribution < -0.4 is 10.6 Å². The van der Waals surface area contributed by atoms with Crippen LogP contribution in [0.25, 0.3) is 0 Å². The van der Waals surface area contributed by atoms with Crippen molar-refractivity contribution in [3.05, 3.63) is 64.5 Å². The molecule has 37 heavy (non-hydrogen) atoms. The van der Waals surface area contributed by atoms with Gasteiger partial charge < -0.3 is 20.8 Å². The van der Waals surface area contributed by atoms with Crippen LogP contribution in [0, 0.1) is 22.7 Å². The van der Waals surface area contributed by atoms with Crippen LogP contribution in [-0.2, 0) is 10.2 Å². The maximum absolute atomic E-state index is 13.4. The number of alkyl halides is 1. The number of pyridine rings is 1. The summed E-state index contributed by atoms with van der Waals surface area (Å²) in [6.07, 6.45) is 5.75. The Morgan fingerprint density at radius 3 is 2.70 bits per heavy atom. The van der Waals surface area contributed by atoms with Crippen molar-refractivity contribution in [2.75, 3.05) is 19.8 Å². The molecule has 0 spiro atoms. The van der Waals surface area contributed by atoms with Gasteiger partial charge in [0.25, 0.3) is 0 Å². The van der Waals surface area contributed by atoms with E-state index in [1.807, 2.05) is 20.8 Å². The third-order valence-corrected chi connectivity index (χ3v) is 6.74. The van der Waals surface area contributed by atoms with Crippen molar-refractivity contribution < 1.29 is 19.4 Å². The van der Waals surface area contributed by atoms with Crippen molar-refractivity contribution in [1.82, 2.24) is 15.6 Å². The van der Waals surface area contributed by atoms with Crippen LogP contribution in [0.2, 0.25) is 5.02 Å². The van der Waals surface area contributed by atoms with Crippen molar-refractivity contribution in [3.63, 3.8) is 0 Å². The molecule has 5 atom stereocenters. The number of nitrogens with one attached hydrogen (secondary N) is 2. The number of aromatic nitrogens is 1. The first kappa shape index (κ1) is 30.9. The fourth-order valence-corrected chi connectivity index (χ4v) is 4.83. The number of hydrogen-bond acceptors (Lipinski definition) is 6. The second kappa shape index (κ2) is 13.5. The van der Waals surface area contributed by atoms with Crippen LogP contribution in [0.15, 0.2) is 53.7 Å². The average Bonchev–Trinajstić information content (AvgIpc) is 3.17. The van der Waals surface area contributed by atoms with Crippen LogP contribution in [0.5, 0.6) is 0 Å². The van der Waals surface area contributed by atoms with Gasteiger partial charge in [-0.25, -0.2) is 4.39 Å². The molecule has 1 aliphatic rings. The number of aliphatic hydroxyl groups excluding tert-OH is 2. The van der Waals surface area contributed by atoms with Gasteiger partial charge in [0.1, 0.15) is 12.1 Å². The van der Waals surface area contributed by atoms with E-state index in [0.717, 1.165) is 0 Å². The Balaban J connectivity index is 2.62. The molecule has 1 amide bonds. The molecular weight excluding hydrogens is 518 g/mol. The molecule has 1 aromatic rings. The summed E-state index contributed by atoms with van der Waals surface area (Å²) in [5.41, 5.74) is -0.595. The molecule has 1 saturated heterocycles. The highest BCUT2D eigenvalue weighted by Crippen LogP contribution is 2.48. The van der Waals surface area contributed by atoms with E-state index in [9.17, 15) is 19.6 Å². The zero-order valence-electron chi connectivity index (χ0n) is 21.3. The van der Waals surface area contributed by atoms with Gasteiger partial charge in [0, 0.05) is 29.7 Å². The molecular formula is C27H35Cl2FN4O3. The predicted molar refractivity (Wildman–Crippen MR) is 144 cm³/mol. The highest BCUT2D eigenvalue weighted by molar-refractivity contribution is 6.30. The lowest BCUT2D eigenvalue weighted by Gasteiger charge is -2.36. The van der Waals surface area contributed by atoms with Gasteiger partial charge in [-0.15, -0.1) is 0 Å². The fourth-order valence-electron chi connectivity index (χ4n) is 4.64. The molecule has 10 heteroatoms. The summed E-state index contributed by atoms with van der Waals surface area (Å²) in [6, 6.07) is 4.47. The first-order chi connectivity index (χ1) is 17.4. The SMILES string of the molecule is C=C(/C=C\C=C(\Cl)CF)[C@H]1[C@H](C(=O)NCC[C@H](O)CO)N[C@@H](CC(C)(C)C)[C@]1(C#N)c1ccc(Cl)cn1. The van der Waals surface area contributed by atoms with E-state index in [1.165, 1.54) is 18.3 Å². The lowest BCUT2D eigenvalue weighted by molar-refractivity contribution is -0.123. The fraction of sp³-hybridized carbons (Fsp3) is 0.519. The summed E-state index contributed by atoms with van der Waals surface area (Å²) in [5.74, 6) is -1.14. The highest BCUT2D eigenvalue weighted by Gasteiger charge is 2.60. The number of hydrogen-bond donors (Lipinski definition) is 4. The van der Waals surface area contributed by atoms with Crippen molar-refractivity contribution in [2.45, 2.75) is 57.2 Å². The molecule has 1 aromatic heterocycles. The molecule has 2 heterocycles. The first-order valence-electron chi connectivity index (χ1n) is 12.0. The number of halogens is 3. The predicted octanol–water partition coefficient (Wildman–Crippen LogP) is 3.95. The van der Waals surface area contributed by atoms with E-state index >= 15 is 0 Å². The van der Waals surface area contributed by atoms with E-state index in [0.29, 0.717) is 22.7 Å². The summed E-state index contributed by atoms with van der Waals surface area (Å²) >= 11 is 11.9. The smallest absolute Gasteiger partial charge is 0.237 e. The van der Waals surface area contributed by atoms with Gasteiger partial charge in [0.15, 0.2) is 0 Å². The summed E-state index contributed by atoms with van der Waals surface area (Å²) < 4.78 is 12.8. The summed E-state index contributed by atoms with van der Waals surface area (Å²) in [5, 5.41) is 36.1. The van der Waals surface area contributed by atoms with Crippen LogP contribution in [0.1, 0.15) is 39.3 Å². The molecule has 202 valence electrons. The van der Waals surface area contributed by atoms with Gasteiger partial charge in [-0.1, -0.05) is 62.7 Å². The van der Waals surface area contributed by atoms with Crippen LogP contribution in [0.4, 0.5) is 4.39 Å². The van der Waals surface area contributed by atoms with Gasteiger partial charge in [0.2, 0.25) is 5.91 Å². The summed E-state index contributed by atoms with van der Waals surface area (Å²) in [6.45, 7) is 9.21. The Bertz CT molecular complexity index is 1050. The third kappa shape index (κ3) is 7.86. The van der Waals surface area contributed by atoms with E-state index in [1.54, 1.807) is 18.2 Å². The maximum atomic E-state index is 13.4. The van der Waals surface area contributed by atoms with Crippen LogP contribution in [-0.4, -0.2) is 59.1 Å². The Labute approximate surface area is 228 Å². The Hall–Kier alpha value is -2.28. The van der Waals surface area contributed by atoms with E-state index in [4.69, 9.17) is 28.3 Å². The minimum absolute atomic E-state index is 0.00172. The molecule has 1 fully saturated rings. The van der Waals surface area contributed by atoms with Crippen molar-refractivity contribution in [3.8, 4) is 6.07 Å². The van der Waals surface area contributed by atoms with E-state index < -0.39 is 42.8 Å². The number of aliphatic hydroxyl groups is 2. The normalized spacial score (nSPS) is 25.2. The molecule has 0 saturated carbocycles. The number of rotatable bonds is 11. The molecule has 2 rings (SSSR count). The number of amides is 1. The molecule has 0 bridgehead atoms. The molecule has 0 aromatic carbocycles. The highest BCUT2D eigenvalue weighted by atomic mass is 35.5.